The Morgan fingerprint density at radius 2 is 1.83 bits per heavy atom. The molecule has 1 saturated carbocycles. The summed E-state index contributed by atoms with van der Waals surface area (Å²) in [6.45, 7) is 11.4. The van der Waals surface area contributed by atoms with Crippen LogP contribution in [0.4, 0.5) is 5.69 Å². The van der Waals surface area contributed by atoms with E-state index >= 15 is 0 Å². The molecule has 3 N–H and O–H groups in total. The van der Waals surface area contributed by atoms with Crippen LogP contribution >= 0.6 is 15.9 Å². The maximum Gasteiger partial charge on any atom is 0.0461 e. The molecule has 0 aliphatic heterocycles. The van der Waals surface area contributed by atoms with Gasteiger partial charge in [0.15, 0.2) is 0 Å². The predicted molar refractivity (Wildman–Crippen MR) is 81.3 cm³/mol. The molecule has 0 aromatic heterocycles. The molecule has 100 valence electrons. The molecular weight excluding hydrogens is 288 g/mol. The van der Waals surface area contributed by atoms with Crippen molar-refractivity contribution in [2.24, 2.45) is 16.7 Å². The van der Waals surface area contributed by atoms with Crippen LogP contribution in [-0.4, -0.2) is 6.54 Å². The first-order valence-electron chi connectivity index (χ1n) is 6.51. The van der Waals surface area contributed by atoms with Gasteiger partial charge < -0.3 is 11.1 Å². The van der Waals surface area contributed by atoms with E-state index in [4.69, 9.17) is 5.73 Å². The second kappa shape index (κ2) is 4.53. The lowest BCUT2D eigenvalue weighted by Gasteiger charge is -2.07. The van der Waals surface area contributed by atoms with Crippen molar-refractivity contribution >= 4 is 21.6 Å². The van der Waals surface area contributed by atoms with Crippen LogP contribution in [-0.2, 0) is 6.54 Å². The Labute approximate surface area is 118 Å². The molecule has 3 heteroatoms. The zero-order chi connectivity index (χ0) is 13.6. The minimum absolute atomic E-state index is 0.457. The third-order valence-electron chi connectivity index (χ3n) is 5.06. The van der Waals surface area contributed by atoms with Gasteiger partial charge in [-0.25, -0.2) is 0 Å². The van der Waals surface area contributed by atoms with Crippen molar-refractivity contribution in [2.45, 2.75) is 34.2 Å². The van der Waals surface area contributed by atoms with Gasteiger partial charge in [0, 0.05) is 16.7 Å². The molecule has 0 heterocycles. The highest BCUT2D eigenvalue weighted by atomic mass is 79.9. The minimum Gasteiger partial charge on any atom is -0.398 e. The molecule has 1 aromatic rings. The highest BCUT2D eigenvalue weighted by Gasteiger charge is 2.63. The van der Waals surface area contributed by atoms with Gasteiger partial charge >= 0.3 is 0 Å². The SMILES string of the molecule is CC1(C)C(CNCc2ccc(Br)c(N)c2)C1(C)C. The van der Waals surface area contributed by atoms with E-state index in [-0.39, 0.29) is 0 Å². The summed E-state index contributed by atoms with van der Waals surface area (Å²) in [4.78, 5) is 0. The van der Waals surface area contributed by atoms with Gasteiger partial charge in [0.2, 0.25) is 0 Å². The van der Waals surface area contributed by atoms with Crippen molar-refractivity contribution in [1.29, 1.82) is 0 Å². The molecule has 0 unspecified atom stereocenters. The van der Waals surface area contributed by atoms with Crippen molar-refractivity contribution in [3.63, 3.8) is 0 Å². The highest BCUT2D eigenvalue weighted by Crippen LogP contribution is 2.67. The maximum absolute atomic E-state index is 5.88. The van der Waals surface area contributed by atoms with Gasteiger partial charge in [0.1, 0.15) is 0 Å². The fourth-order valence-electron chi connectivity index (χ4n) is 2.91. The molecule has 1 fully saturated rings. The third-order valence-corrected chi connectivity index (χ3v) is 5.78. The zero-order valence-corrected chi connectivity index (χ0v) is 13.3. The smallest absolute Gasteiger partial charge is 0.0461 e. The first-order chi connectivity index (χ1) is 8.26. The Hall–Kier alpha value is -0.540. The Balaban J connectivity index is 1.85. The summed E-state index contributed by atoms with van der Waals surface area (Å²) in [5, 5.41) is 3.55. The van der Waals surface area contributed by atoms with Crippen LogP contribution in [0.1, 0.15) is 33.3 Å². The summed E-state index contributed by atoms with van der Waals surface area (Å²) < 4.78 is 0.968. The predicted octanol–water partition coefficient (Wildman–Crippen LogP) is 3.80. The van der Waals surface area contributed by atoms with Crippen LogP contribution in [0, 0.1) is 16.7 Å². The number of hydrogen-bond acceptors (Lipinski definition) is 2. The summed E-state index contributed by atoms with van der Waals surface area (Å²) in [6, 6.07) is 6.15. The molecule has 0 spiro atoms. The third kappa shape index (κ3) is 2.30. The fraction of sp³-hybridized carbons (Fsp3) is 0.600. The van der Waals surface area contributed by atoms with Gasteiger partial charge in [-0.1, -0.05) is 33.8 Å². The number of anilines is 1. The molecule has 2 nitrogen and oxygen atoms in total. The van der Waals surface area contributed by atoms with E-state index in [0.29, 0.717) is 10.8 Å². The Kier molecular flexibility index (Phi) is 3.50. The Morgan fingerprint density at radius 1 is 1.22 bits per heavy atom. The van der Waals surface area contributed by atoms with Crippen molar-refractivity contribution in [3.05, 3.63) is 28.2 Å². The number of nitrogens with one attached hydrogen (secondary N) is 1. The Morgan fingerprint density at radius 3 is 2.33 bits per heavy atom. The topological polar surface area (TPSA) is 38.0 Å². The number of rotatable bonds is 4. The van der Waals surface area contributed by atoms with Crippen molar-refractivity contribution in [1.82, 2.24) is 5.32 Å². The second-order valence-electron chi connectivity index (χ2n) is 6.48. The summed E-state index contributed by atoms with van der Waals surface area (Å²) >= 11 is 3.42. The van der Waals surface area contributed by atoms with E-state index in [9.17, 15) is 0 Å². The molecule has 1 aromatic carbocycles. The van der Waals surface area contributed by atoms with Gasteiger partial charge in [-0.05, 0) is 56.9 Å². The average Bonchev–Trinajstić information content (AvgIpc) is 2.65. The lowest BCUT2D eigenvalue weighted by atomic mass is 10.0. The molecule has 0 bridgehead atoms. The van der Waals surface area contributed by atoms with E-state index in [0.717, 1.165) is 29.2 Å². The second-order valence-corrected chi connectivity index (χ2v) is 7.34. The Bertz CT molecular complexity index is 438. The lowest BCUT2D eigenvalue weighted by Crippen LogP contribution is -2.18. The first-order valence-corrected chi connectivity index (χ1v) is 7.30. The minimum atomic E-state index is 0.457. The number of halogens is 1. The molecule has 18 heavy (non-hydrogen) atoms. The van der Waals surface area contributed by atoms with Crippen LogP contribution in [0.25, 0.3) is 0 Å². The fourth-order valence-corrected chi connectivity index (χ4v) is 3.15. The molecule has 2 rings (SSSR count). The van der Waals surface area contributed by atoms with Crippen LogP contribution in [0.5, 0.6) is 0 Å². The molecule has 0 atom stereocenters. The van der Waals surface area contributed by atoms with Crippen LogP contribution in [0.15, 0.2) is 22.7 Å². The molecule has 1 aliphatic rings. The monoisotopic (exact) mass is 310 g/mol. The zero-order valence-electron chi connectivity index (χ0n) is 11.7. The number of benzene rings is 1. The van der Waals surface area contributed by atoms with E-state index in [1.165, 1.54) is 5.56 Å². The lowest BCUT2D eigenvalue weighted by molar-refractivity contribution is 0.457. The van der Waals surface area contributed by atoms with E-state index in [1.54, 1.807) is 0 Å². The average molecular weight is 311 g/mol. The first kappa shape index (κ1) is 13.9. The van der Waals surface area contributed by atoms with Gasteiger partial charge in [0.25, 0.3) is 0 Å². The van der Waals surface area contributed by atoms with Crippen molar-refractivity contribution in [3.8, 4) is 0 Å². The molecule has 0 amide bonds. The van der Waals surface area contributed by atoms with Crippen LogP contribution in [0.3, 0.4) is 0 Å². The van der Waals surface area contributed by atoms with Gasteiger partial charge in [-0.2, -0.15) is 0 Å². The summed E-state index contributed by atoms with van der Waals surface area (Å²) in [6.07, 6.45) is 0. The number of nitrogens with two attached hydrogens (primary N) is 1. The van der Waals surface area contributed by atoms with Gasteiger partial charge in [0.05, 0.1) is 0 Å². The van der Waals surface area contributed by atoms with E-state index < -0.39 is 0 Å². The standard InChI is InChI=1S/C15H23BrN2/c1-14(2)13(15(14,3)4)9-18-8-10-5-6-11(16)12(17)7-10/h5-7,13,18H,8-9,17H2,1-4H3. The quantitative estimate of drug-likeness (QED) is 0.830. The summed E-state index contributed by atoms with van der Waals surface area (Å²) in [5.74, 6) is 0.762. The summed E-state index contributed by atoms with van der Waals surface area (Å²) in [7, 11) is 0. The van der Waals surface area contributed by atoms with Gasteiger partial charge in [-0.3, -0.25) is 0 Å². The van der Waals surface area contributed by atoms with E-state index in [1.807, 2.05) is 12.1 Å². The van der Waals surface area contributed by atoms with Crippen molar-refractivity contribution < 1.29 is 0 Å². The van der Waals surface area contributed by atoms with Gasteiger partial charge in [-0.15, -0.1) is 0 Å². The summed E-state index contributed by atoms with van der Waals surface area (Å²) in [5.41, 5.74) is 8.84. The largest absolute Gasteiger partial charge is 0.398 e. The normalized spacial score (nSPS) is 20.9. The van der Waals surface area contributed by atoms with Crippen LogP contribution < -0.4 is 11.1 Å². The molecule has 1 aliphatic carbocycles. The van der Waals surface area contributed by atoms with Crippen LogP contribution in [0.2, 0.25) is 0 Å². The maximum atomic E-state index is 5.88. The van der Waals surface area contributed by atoms with Crippen molar-refractivity contribution in [2.75, 3.05) is 12.3 Å². The molecule has 0 saturated heterocycles. The number of hydrogen-bond donors (Lipinski definition) is 2. The highest BCUT2D eigenvalue weighted by molar-refractivity contribution is 9.10. The molecular formula is C15H23BrN2. The van der Waals surface area contributed by atoms with E-state index in [2.05, 4.69) is 55.0 Å². The molecule has 0 radical (unpaired) electrons. The number of nitrogen functional groups attached to an aromatic ring is 1.